The Morgan fingerprint density at radius 3 is 1.86 bits per heavy atom. The van der Waals surface area contributed by atoms with Gasteiger partial charge in [0.15, 0.2) is 0 Å². The van der Waals surface area contributed by atoms with Gasteiger partial charge in [0.1, 0.15) is 0 Å². The van der Waals surface area contributed by atoms with Crippen LogP contribution in [0.5, 0.6) is 0 Å². The van der Waals surface area contributed by atoms with E-state index in [2.05, 4.69) is 122 Å². The second kappa shape index (κ2) is 10.6. The van der Waals surface area contributed by atoms with Crippen molar-refractivity contribution in [3.8, 4) is 22.3 Å². The molecule has 0 amide bonds. The van der Waals surface area contributed by atoms with E-state index >= 15 is 0 Å². The van der Waals surface area contributed by atoms with Gasteiger partial charge in [-0.1, -0.05) is 0 Å². The zero-order valence-electron chi connectivity index (χ0n) is 23.0. The normalized spacial score (nSPS) is 15.8. The summed E-state index contributed by atoms with van der Waals surface area (Å²) in [7, 11) is 13.7. The average molecular weight is 598 g/mol. The Morgan fingerprint density at radius 2 is 1.36 bits per heavy atom. The Labute approximate surface area is 233 Å². The van der Waals surface area contributed by atoms with E-state index in [4.69, 9.17) is 17.0 Å². The van der Waals surface area contributed by atoms with Crippen LogP contribution < -0.4 is 0 Å². The molecule has 189 valence electrons. The van der Waals surface area contributed by atoms with Gasteiger partial charge in [0, 0.05) is 0 Å². The average Bonchev–Trinajstić information content (AvgIpc) is 3.14. The molecule has 0 aliphatic heterocycles. The standard InChI is InChI=1S/C33H39.2ClH.Zr/c1-22(2)16-23-17-25-14-15-29(24-12-10-9-11-13-24)31(30(25)18-23)26-19-27(32(3,4)5)21-28(20-26)33(6,7)8;;;/h9-15,17-22H,16H2,1-8H3;2*1H;/q;;;+2/p-2. The fraction of sp³-hybridized carbons (Fsp3) is 0.394. The maximum atomic E-state index is 6.84. The van der Waals surface area contributed by atoms with E-state index in [1.807, 2.05) is 0 Å². The third kappa shape index (κ3) is 5.80. The molecule has 1 atom stereocenters. The molecule has 0 fully saturated rings. The van der Waals surface area contributed by atoms with E-state index in [0.29, 0.717) is 5.92 Å². The summed E-state index contributed by atoms with van der Waals surface area (Å²) in [5, 5.41) is 0. The van der Waals surface area contributed by atoms with Crippen LogP contribution in [0.25, 0.3) is 28.3 Å². The van der Waals surface area contributed by atoms with Gasteiger partial charge in [0.25, 0.3) is 0 Å². The minimum absolute atomic E-state index is 0.0508. The van der Waals surface area contributed by atoms with Gasteiger partial charge >= 0.3 is 235 Å². The first-order valence-electron chi connectivity index (χ1n) is 13.0. The van der Waals surface area contributed by atoms with Crippen LogP contribution in [0.2, 0.25) is 0 Å². The SMILES string of the molecule is CC(C)CC1=Cc2c(ccc(-c3ccccc3)c2-c2cc(C(C)(C)C)cc(C(C)(C)C)c2)[CH]1[Zr]([Cl])[Cl]. The fourth-order valence-electron chi connectivity index (χ4n) is 5.22. The van der Waals surface area contributed by atoms with Crippen LogP contribution in [0, 0.1) is 5.92 Å². The molecule has 3 aromatic rings. The van der Waals surface area contributed by atoms with Crippen molar-refractivity contribution in [1.82, 2.24) is 0 Å². The van der Waals surface area contributed by atoms with E-state index in [9.17, 15) is 0 Å². The van der Waals surface area contributed by atoms with Crippen molar-refractivity contribution in [2.45, 2.75) is 76.3 Å². The second-order valence-electron chi connectivity index (χ2n) is 12.7. The first-order valence-corrected chi connectivity index (χ1v) is 20.8. The number of fused-ring (bicyclic) bond motifs is 1. The Morgan fingerprint density at radius 1 is 0.778 bits per heavy atom. The molecule has 1 aliphatic rings. The minimum atomic E-state index is -2.61. The summed E-state index contributed by atoms with van der Waals surface area (Å²) in [6, 6.07) is 22.6. The van der Waals surface area contributed by atoms with E-state index in [-0.39, 0.29) is 14.5 Å². The van der Waals surface area contributed by atoms with Crippen molar-refractivity contribution >= 4 is 23.1 Å². The molecular formula is C33H39Cl2Zr. The van der Waals surface area contributed by atoms with Gasteiger partial charge in [0.2, 0.25) is 0 Å². The van der Waals surface area contributed by atoms with Crippen LogP contribution in [0.3, 0.4) is 0 Å². The van der Waals surface area contributed by atoms with Crippen molar-refractivity contribution in [1.29, 1.82) is 0 Å². The van der Waals surface area contributed by atoms with Crippen LogP contribution >= 0.6 is 17.0 Å². The molecule has 1 unspecified atom stereocenters. The van der Waals surface area contributed by atoms with Crippen molar-refractivity contribution in [2.75, 3.05) is 0 Å². The molecule has 0 bridgehead atoms. The van der Waals surface area contributed by atoms with Crippen LogP contribution in [0.1, 0.15) is 87.7 Å². The third-order valence-electron chi connectivity index (χ3n) is 7.19. The Bertz CT molecular complexity index is 1240. The van der Waals surface area contributed by atoms with Crippen LogP contribution in [0.15, 0.2) is 66.2 Å². The monoisotopic (exact) mass is 595 g/mol. The molecule has 0 aromatic heterocycles. The van der Waals surface area contributed by atoms with E-state index < -0.39 is 19.4 Å². The van der Waals surface area contributed by atoms with Gasteiger partial charge in [-0.25, -0.2) is 0 Å². The fourth-order valence-corrected chi connectivity index (χ4v) is 10.7. The van der Waals surface area contributed by atoms with Gasteiger partial charge in [0.05, 0.1) is 0 Å². The first-order chi connectivity index (χ1) is 16.8. The van der Waals surface area contributed by atoms with E-state index in [1.165, 1.54) is 50.1 Å². The first kappa shape index (κ1) is 27.9. The summed E-state index contributed by atoms with van der Waals surface area (Å²) in [6.45, 7) is 18.4. The van der Waals surface area contributed by atoms with Crippen molar-refractivity contribution in [3.63, 3.8) is 0 Å². The van der Waals surface area contributed by atoms with Gasteiger partial charge in [-0.15, -0.1) is 0 Å². The summed E-state index contributed by atoms with van der Waals surface area (Å²) in [4.78, 5) is 0. The summed E-state index contributed by atoms with van der Waals surface area (Å²) in [5.74, 6) is 0.567. The van der Waals surface area contributed by atoms with Crippen LogP contribution in [-0.4, -0.2) is 0 Å². The van der Waals surface area contributed by atoms with Crippen molar-refractivity contribution < 1.29 is 19.4 Å². The summed E-state index contributed by atoms with van der Waals surface area (Å²) in [6.07, 6.45) is 3.48. The van der Waals surface area contributed by atoms with E-state index in [0.717, 1.165) is 6.42 Å². The molecule has 0 saturated carbocycles. The number of halogens is 2. The third-order valence-corrected chi connectivity index (χ3v) is 12.5. The number of benzene rings is 3. The zero-order valence-corrected chi connectivity index (χ0v) is 26.9. The number of hydrogen-bond donors (Lipinski definition) is 0. The van der Waals surface area contributed by atoms with Gasteiger partial charge in [-0.05, 0) is 0 Å². The molecule has 0 spiro atoms. The molecular weight excluding hydrogens is 558 g/mol. The zero-order chi connectivity index (χ0) is 26.4. The molecule has 36 heavy (non-hydrogen) atoms. The number of hydrogen-bond acceptors (Lipinski definition) is 0. The molecule has 3 heteroatoms. The Hall–Kier alpha value is -1.14. The molecule has 4 rings (SSSR count). The predicted molar refractivity (Wildman–Crippen MR) is 157 cm³/mol. The molecule has 0 nitrogen and oxygen atoms in total. The van der Waals surface area contributed by atoms with Gasteiger partial charge in [-0.3, -0.25) is 0 Å². The predicted octanol–water partition coefficient (Wildman–Crippen LogP) is 11.0. The van der Waals surface area contributed by atoms with Crippen molar-refractivity contribution in [3.05, 3.63) is 88.5 Å². The topological polar surface area (TPSA) is 0 Å². The van der Waals surface area contributed by atoms with Crippen LogP contribution in [-0.2, 0) is 30.2 Å². The maximum absolute atomic E-state index is 6.84. The Kier molecular flexibility index (Phi) is 8.18. The summed E-state index contributed by atoms with van der Waals surface area (Å²) in [5.41, 5.74) is 12.0. The second-order valence-corrected chi connectivity index (χ2v) is 21.5. The van der Waals surface area contributed by atoms with Crippen LogP contribution in [0.4, 0.5) is 0 Å². The summed E-state index contributed by atoms with van der Waals surface area (Å²) >= 11 is -2.61. The molecule has 3 aromatic carbocycles. The quantitative estimate of drug-likeness (QED) is 0.274. The van der Waals surface area contributed by atoms with Gasteiger partial charge < -0.3 is 0 Å². The molecule has 0 heterocycles. The van der Waals surface area contributed by atoms with Crippen molar-refractivity contribution in [2.24, 2.45) is 5.92 Å². The number of rotatable bonds is 5. The van der Waals surface area contributed by atoms with Gasteiger partial charge in [-0.2, -0.15) is 0 Å². The molecule has 1 aliphatic carbocycles. The number of allylic oxidation sites excluding steroid dienone is 1. The molecule has 0 radical (unpaired) electrons. The molecule has 0 saturated heterocycles. The van der Waals surface area contributed by atoms with E-state index in [1.54, 1.807) is 0 Å². The summed E-state index contributed by atoms with van der Waals surface area (Å²) < 4.78 is 0.226. The Balaban J connectivity index is 2.09. The molecule has 0 N–H and O–H groups in total.